The monoisotopic (exact) mass is 272 g/mol. The highest BCUT2D eigenvalue weighted by atomic mass is 32.2. The number of benzene rings is 1. The van der Waals surface area contributed by atoms with Crippen molar-refractivity contribution in [2.45, 2.75) is 19.5 Å². The number of halogens is 1. The van der Waals surface area contributed by atoms with E-state index in [1.807, 2.05) is 11.8 Å². The number of nitrogen functional groups attached to an aromatic ring is 1. The van der Waals surface area contributed by atoms with Crippen molar-refractivity contribution in [1.82, 2.24) is 4.90 Å². The van der Waals surface area contributed by atoms with E-state index < -0.39 is 15.7 Å². The van der Waals surface area contributed by atoms with E-state index >= 15 is 0 Å². The van der Waals surface area contributed by atoms with Crippen molar-refractivity contribution in [3.05, 3.63) is 29.6 Å². The van der Waals surface area contributed by atoms with Crippen LogP contribution in [0.25, 0.3) is 0 Å². The van der Waals surface area contributed by atoms with Gasteiger partial charge in [0.05, 0.1) is 17.2 Å². The summed E-state index contributed by atoms with van der Waals surface area (Å²) in [5.74, 6) is -0.129. The topological polar surface area (TPSA) is 63.4 Å². The van der Waals surface area contributed by atoms with Gasteiger partial charge in [0, 0.05) is 24.7 Å². The van der Waals surface area contributed by atoms with Gasteiger partial charge in [0.2, 0.25) is 0 Å². The Bertz CT molecular complexity index is 545. The SMILES string of the molecule is CC1CS(=O)(=O)CCN1Cc1cccc(N)c1F. The van der Waals surface area contributed by atoms with E-state index in [-0.39, 0.29) is 23.2 Å². The maximum absolute atomic E-state index is 13.8. The van der Waals surface area contributed by atoms with Crippen molar-refractivity contribution < 1.29 is 12.8 Å². The Labute approximate surface area is 107 Å². The van der Waals surface area contributed by atoms with Gasteiger partial charge in [0.25, 0.3) is 0 Å². The standard InChI is InChI=1S/C12H17FN2O2S/c1-9-8-18(16,17)6-5-15(9)7-10-3-2-4-11(14)12(10)13/h2-4,9H,5-8,14H2,1H3. The fourth-order valence-corrected chi connectivity index (χ4v) is 3.83. The Morgan fingerprint density at radius 3 is 2.89 bits per heavy atom. The van der Waals surface area contributed by atoms with Gasteiger partial charge in [-0.15, -0.1) is 0 Å². The molecule has 18 heavy (non-hydrogen) atoms. The summed E-state index contributed by atoms with van der Waals surface area (Å²) in [7, 11) is -2.94. The molecule has 2 N–H and O–H groups in total. The fraction of sp³-hybridized carbons (Fsp3) is 0.500. The van der Waals surface area contributed by atoms with E-state index in [1.165, 1.54) is 6.07 Å². The van der Waals surface area contributed by atoms with E-state index in [0.29, 0.717) is 18.7 Å². The largest absolute Gasteiger partial charge is 0.396 e. The summed E-state index contributed by atoms with van der Waals surface area (Å²) < 4.78 is 36.7. The van der Waals surface area contributed by atoms with Crippen molar-refractivity contribution in [3.63, 3.8) is 0 Å². The molecule has 0 radical (unpaired) electrons. The van der Waals surface area contributed by atoms with Crippen LogP contribution >= 0.6 is 0 Å². The maximum atomic E-state index is 13.8. The maximum Gasteiger partial charge on any atom is 0.153 e. The van der Waals surface area contributed by atoms with Crippen molar-refractivity contribution in [2.75, 3.05) is 23.8 Å². The van der Waals surface area contributed by atoms with E-state index in [9.17, 15) is 12.8 Å². The molecule has 1 saturated heterocycles. The van der Waals surface area contributed by atoms with Crippen LogP contribution in [0.15, 0.2) is 18.2 Å². The van der Waals surface area contributed by atoms with E-state index in [2.05, 4.69) is 0 Å². The normalized spacial score (nSPS) is 24.0. The summed E-state index contributed by atoms with van der Waals surface area (Å²) in [6.45, 7) is 2.69. The molecule has 0 amide bonds. The molecule has 1 aromatic carbocycles. The fourth-order valence-electron chi connectivity index (χ4n) is 2.21. The average Bonchev–Trinajstić information content (AvgIpc) is 2.27. The Morgan fingerprint density at radius 2 is 2.22 bits per heavy atom. The Balaban J connectivity index is 2.13. The molecule has 1 atom stereocenters. The van der Waals surface area contributed by atoms with Gasteiger partial charge in [0.1, 0.15) is 0 Å². The summed E-state index contributed by atoms with van der Waals surface area (Å²) in [6, 6.07) is 4.81. The lowest BCUT2D eigenvalue weighted by molar-refractivity contribution is 0.215. The van der Waals surface area contributed by atoms with Crippen LogP contribution in [-0.2, 0) is 16.4 Å². The molecule has 0 saturated carbocycles. The molecule has 2 rings (SSSR count). The zero-order chi connectivity index (χ0) is 13.3. The van der Waals surface area contributed by atoms with Gasteiger partial charge in [-0.25, -0.2) is 12.8 Å². The second-order valence-corrected chi connectivity index (χ2v) is 6.98. The van der Waals surface area contributed by atoms with Gasteiger partial charge in [-0.05, 0) is 13.0 Å². The zero-order valence-electron chi connectivity index (χ0n) is 10.3. The van der Waals surface area contributed by atoms with Gasteiger partial charge in [-0.2, -0.15) is 0 Å². The number of nitrogens with two attached hydrogens (primary N) is 1. The third-order valence-electron chi connectivity index (χ3n) is 3.29. The molecule has 0 aliphatic carbocycles. The predicted molar refractivity (Wildman–Crippen MR) is 69.3 cm³/mol. The van der Waals surface area contributed by atoms with Crippen molar-refractivity contribution >= 4 is 15.5 Å². The van der Waals surface area contributed by atoms with Gasteiger partial charge in [0.15, 0.2) is 15.7 Å². The second-order valence-electron chi connectivity index (χ2n) is 4.75. The van der Waals surface area contributed by atoms with Crippen molar-refractivity contribution in [1.29, 1.82) is 0 Å². The first kappa shape index (κ1) is 13.3. The van der Waals surface area contributed by atoms with Crippen LogP contribution in [-0.4, -0.2) is 37.4 Å². The lowest BCUT2D eigenvalue weighted by Gasteiger charge is -2.33. The van der Waals surface area contributed by atoms with Crippen molar-refractivity contribution in [2.24, 2.45) is 0 Å². The predicted octanol–water partition coefficient (Wildman–Crippen LogP) is 1.03. The molecule has 0 aromatic heterocycles. The molecule has 1 heterocycles. The van der Waals surface area contributed by atoms with E-state index in [1.54, 1.807) is 12.1 Å². The molecular weight excluding hydrogens is 255 g/mol. The second kappa shape index (κ2) is 4.85. The first-order valence-electron chi connectivity index (χ1n) is 5.86. The highest BCUT2D eigenvalue weighted by molar-refractivity contribution is 7.91. The van der Waals surface area contributed by atoms with Gasteiger partial charge in [-0.3, -0.25) is 4.90 Å². The van der Waals surface area contributed by atoms with Crippen LogP contribution in [0.4, 0.5) is 10.1 Å². The Kier molecular flexibility index (Phi) is 3.59. The molecule has 1 unspecified atom stereocenters. The molecule has 4 nitrogen and oxygen atoms in total. The third-order valence-corrected chi connectivity index (χ3v) is 5.08. The highest BCUT2D eigenvalue weighted by Crippen LogP contribution is 2.20. The van der Waals surface area contributed by atoms with Gasteiger partial charge < -0.3 is 5.73 Å². The van der Waals surface area contributed by atoms with Crippen LogP contribution in [0.1, 0.15) is 12.5 Å². The molecule has 1 aliphatic heterocycles. The lowest BCUT2D eigenvalue weighted by atomic mass is 10.1. The number of hydrogen-bond donors (Lipinski definition) is 1. The number of rotatable bonds is 2. The number of anilines is 1. The Morgan fingerprint density at radius 1 is 1.50 bits per heavy atom. The van der Waals surface area contributed by atoms with Crippen molar-refractivity contribution in [3.8, 4) is 0 Å². The minimum absolute atomic E-state index is 0.0930. The average molecular weight is 272 g/mol. The van der Waals surface area contributed by atoms with Crippen LogP contribution in [0.3, 0.4) is 0 Å². The molecular formula is C12H17FN2O2S. The summed E-state index contributed by atoms with van der Waals surface area (Å²) in [5, 5.41) is 0. The van der Waals surface area contributed by atoms with Gasteiger partial charge in [-0.1, -0.05) is 12.1 Å². The van der Waals surface area contributed by atoms with E-state index in [0.717, 1.165) is 0 Å². The van der Waals surface area contributed by atoms with E-state index in [4.69, 9.17) is 5.73 Å². The molecule has 6 heteroatoms. The highest BCUT2D eigenvalue weighted by Gasteiger charge is 2.28. The lowest BCUT2D eigenvalue weighted by Crippen LogP contribution is -2.46. The smallest absolute Gasteiger partial charge is 0.153 e. The minimum Gasteiger partial charge on any atom is -0.396 e. The molecule has 1 aromatic rings. The van der Waals surface area contributed by atoms with Crippen LogP contribution in [0, 0.1) is 5.82 Å². The Hall–Kier alpha value is -1.14. The molecule has 100 valence electrons. The van der Waals surface area contributed by atoms with Crippen LogP contribution in [0.2, 0.25) is 0 Å². The summed E-state index contributed by atoms with van der Waals surface area (Å²) in [6.07, 6.45) is 0. The molecule has 0 bridgehead atoms. The quantitative estimate of drug-likeness (QED) is 0.817. The molecule has 1 fully saturated rings. The number of sulfone groups is 1. The number of hydrogen-bond acceptors (Lipinski definition) is 4. The summed E-state index contributed by atoms with van der Waals surface area (Å²) in [5.41, 5.74) is 6.16. The van der Waals surface area contributed by atoms with Crippen LogP contribution in [0.5, 0.6) is 0 Å². The van der Waals surface area contributed by atoms with Gasteiger partial charge >= 0.3 is 0 Å². The first-order valence-corrected chi connectivity index (χ1v) is 7.68. The minimum atomic E-state index is -2.94. The zero-order valence-corrected chi connectivity index (χ0v) is 11.1. The molecule has 0 spiro atoms. The first-order chi connectivity index (χ1) is 8.39. The van der Waals surface area contributed by atoms with Crippen LogP contribution < -0.4 is 5.73 Å². The number of nitrogens with zero attached hydrogens (tertiary/aromatic N) is 1. The summed E-state index contributed by atoms with van der Waals surface area (Å²) >= 11 is 0. The molecule has 1 aliphatic rings. The summed E-state index contributed by atoms with van der Waals surface area (Å²) in [4.78, 5) is 1.97. The third kappa shape index (κ3) is 2.81.